The van der Waals surface area contributed by atoms with Crippen LogP contribution in [0.3, 0.4) is 0 Å². The van der Waals surface area contributed by atoms with Crippen molar-refractivity contribution in [2.75, 3.05) is 18.6 Å². The SMILES string of the molecule is COc1cncc(C(N)C2CCS(=O)(=O)C2)c1. The van der Waals surface area contributed by atoms with E-state index in [4.69, 9.17) is 10.5 Å². The second-order valence-electron chi connectivity index (χ2n) is 4.35. The summed E-state index contributed by atoms with van der Waals surface area (Å²) in [4.78, 5) is 4.03. The van der Waals surface area contributed by atoms with Crippen LogP contribution in [0, 0.1) is 5.92 Å². The molecule has 1 aliphatic rings. The van der Waals surface area contributed by atoms with Crippen LogP contribution in [0.5, 0.6) is 5.75 Å². The first-order valence-electron chi connectivity index (χ1n) is 5.47. The van der Waals surface area contributed by atoms with Gasteiger partial charge in [-0.25, -0.2) is 8.42 Å². The second kappa shape index (κ2) is 4.62. The van der Waals surface area contributed by atoms with Gasteiger partial charge in [0, 0.05) is 12.2 Å². The van der Waals surface area contributed by atoms with Gasteiger partial charge in [-0.2, -0.15) is 0 Å². The Balaban J connectivity index is 2.17. The Morgan fingerprint density at radius 3 is 2.88 bits per heavy atom. The van der Waals surface area contributed by atoms with Crippen LogP contribution in [0.4, 0.5) is 0 Å². The zero-order valence-corrected chi connectivity index (χ0v) is 10.5. The van der Waals surface area contributed by atoms with E-state index in [1.165, 1.54) is 0 Å². The summed E-state index contributed by atoms with van der Waals surface area (Å²) in [7, 11) is -1.33. The lowest BCUT2D eigenvalue weighted by Crippen LogP contribution is -2.22. The van der Waals surface area contributed by atoms with E-state index in [0.29, 0.717) is 12.2 Å². The van der Waals surface area contributed by atoms with Crippen molar-refractivity contribution in [3.05, 3.63) is 24.0 Å². The molecule has 0 saturated carbocycles. The maximum absolute atomic E-state index is 11.4. The lowest BCUT2D eigenvalue weighted by Gasteiger charge is -2.18. The largest absolute Gasteiger partial charge is 0.495 e. The lowest BCUT2D eigenvalue weighted by molar-refractivity contribution is 0.409. The van der Waals surface area contributed by atoms with Gasteiger partial charge in [0.1, 0.15) is 5.75 Å². The highest BCUT2D eigenvalue weighted by atomic mass is 32.2. The summed E-state index contributed by atoms with van der Waals surface area (Å²) in [6.07, 6.45) is 3.89. The third-order valence-electron chi connectivity index (χ3n) is 3.13. The summed E-state index contributed by atoms with van der Waals surface area (Å²) in [6, 6.07) is 1.51. The van der Waals surface area contributed by atoms with Crippen molar-refractivity contribution in [3.63, 3.8) is 0 Å². The van der Waals surface area contributed by atoms with E-state index in [-0.39, 0.29) is 23.5 Å². The molecular weight excluding hydrogens is 240 g/mol. The molecule has 0 aromatic carbocycles. The van der Waals surface area contributed by atoms with Crippen molar-refractivity contribution in [1.29, 1.82) is 0 Å². The summed E-state index contributed by atoms with van der Waals surface area (Å²) in [5.41, 5.74) is 6.91. The molecule has 2 rings (SSSR count). The Morgan fingerprint density at radius 2 is 2.29 bits per heavy atom. The molecule has 0 aliphatic carbocycles. The van der Waals surface area contributed by atoms with Crippen molar-refractivity contribution in [2.24, 2.45) is 11.7 Å². The van der Waals surface area contributed by atoms with Crippen LogP contribution in [-0.4, -0.2) is 32.0 Å². The highest BCUT2D eigenvalue weighted by molar-refractivity contribution is 7.91. The quantitative estimate of drug-likeness (QED) is 0.852. The van der Waals surface area contributed by atoms with Crippen LogP contribution in [-0.2, 0) is 9.84 Å². The fourth-order valence-corrected chi connectivity index (χ4v) is 3.96. The number of nitrogens with two attached hydrogens (primary N) is 1. The minimum Gasteiger partial charge on any atom is -0.495 e. The molecule has 1 aromatic rings. The minimum absolute atomic E-state index is 0.0195. The number of ether oxygens (including phenoxy) is 1. The molecule has 0 spiro atoms. The van der Waals surface area contributed by atoms with Gasteiger partial charge in [-0.15, -0.1) is 0 Å². The number of sulfone groups is 1. The van der Waals surface area contributed by atoms with Crippen LogP contribution < -0.4 is 10.5 Å². The van der Waals surface area contributed by atoms with E-state index in [2.05, 4.69) is 4.98 Å². The van der Waals surface area contributed by atoms with Crippen molar-refractivity contribution in [1.82, 2.24) is 4.98 Å². The van der Waals surface area contributed by atoms with Gasteiger partial charge in [-0.3, -0.25) is 4.98 Å². The minimum atomic E-state index is -2.90. The number of rotatable bonds is 3. The summed E-state index contributed by atoms with van der Waals surface area (Å²) < 4.78 is 27.9. The topological polar surface area (TPSA) is 82.3 Å². The van der Waals surface area contributed by atoms with Crippen molar-refractivity contribution in [3.8, 4) is 5.75 Å². The molecule has 6 heteroatoms. The Hall–Kier alpha value is -1.14. The molecule has 5 nitrogen and oxygen atoms in total. The third-order valence-corrected chi connectivity index (χ3v) is 4.92. The Bertz CT molecular complexity index is 501. The average Bonchev–Trinajstić information content (AvgIpc) is 2.69. The van der Waals surface area contributed by atoms with Crippen LogP contribution >= 0.6 is 0 Å². The Morgan fingerprint density at radius 1 is 1.53 bits per heavy atom. The van der Waals surface area contributed by atoms with E-state index in [1.54, 1.807) is 19.5 Å². The summed E-state index contributed by atoms with van der Waals surface area (Å²) in [6.45, 7) is 0. The predicted molar refractivity (Wildman–Crippen MR) is 64.5 cm³/mol. The van der Waals surface area contributed by atoms with Crippen LogP contribution in [0.25, 0.3) is 0 Å². The number of aromatic nitrogens is 1. The molecule has 0 bridgehead atoms. The number of pyridine rings is 1. The van der Waals surface area contributed by atoms with Crippen LogP contribution in [0.1, 0.15) is 18.0 Å². The molecule has 2 N–H and O–H groups in total. The second-order valence-corrected chi connectivity index (χ2v) is 6.58. The smallest absolute Gasteiger partial charge is 0.150 e. The molecule has 2 unspecified atom stereocenters. The van der Waals surface area contributed by atoms with E-state index in [9.17, 15) is 8.42 Å². The first-order chi connectivity index (χ1) is 8.02. The first kappa shape index (κ1) is 12.3. The third kappa shape index (κ3) is 2.76. The molecule has 94 valence electrons. The molecule has 1 fully saturated rings. The first-order valence-corrected chi connectivity index (χ1v) is 7.29. The maximum Gasteiger partial charge on any atom is 0.150 e. The van der Waals surface area contributed by atoms with Gasteiger partial charge < -0.3 is 10.5 Å². The van der Waals surface area contributed by atoms with E-state index in [0.717, 1.165) is 5.56 Å². The number of hydrogen-bond acceptors (Lipinski definition) is 5. The van der Waals surface area contributed by atoms with Crippen LogP contribution in [0.15, 0.2) is 18.5 Å². The van der Waals surface area contributed by atoms with Crippen molar-refractivity contribution >= 4 is 9.84 Å². The normalized spacial score (nSPS) is 24.5. The van der Waals surface area contributed by atoms with E-state index >= 15 is 0 Å². The monoisotopic (exact) mass is 256 g/mol. The highest BCUT2D eigenvalue weighted by Crippen LogP contribution is 2.30. The molecule has 1 saturated heterocycles. The summed E-state index contributed by atoms with van der Waals surface area (Å²) in [5, 5.41) is 0. The van der Waals surface area contributed by atoms with Gasteiger partial charge >= 0.3 is 0 Å². The Labute approximate surface area is 101 Å². The van der Waals surface area contributed by atoms with Gasteiger partial charge in [0.2, 0.25) is 0 Å². The fourth-order valence-electron chi connectivity index (χ4n) is 2.11. The molecule has 2 heterocycles. The summed E-state index contributed by atoms with van der Waals surface area (Å²) in [5.74, 6) is 1.03. The number of hydrogen-bond donors (Lipinski definition) is 1. The van der Waals surface area contributed by atoms with Crippen molar-refractivity contribution < 1.29 is 13.2 Å². The molecule has 0 amide bonds. The lowest BCUT2D eigenvalue weighted by atomic mass is 9.94. The molecule has 2 atom stereocenters. The molecule has 1 aliphatic heterocycles. The average molecular weight is 256 g/mol. The van der Waals surface area contributed by atoms with Gasteiger partial charge in [0.05, 0.1) is 24.8 Å². The standard InChI is InChI=1S/C11H16N2O3S/c1-16-10-4-9(5-13-6-10)11(12)8-2-3-17(14,15)7-8/h4-6,8,11H,2-3,7,12H2,1H3. The summed E-state index contributed by atoms with van der Waals surface area (Å²) >= 11 is 0. The highest BCUT2D eigenvalue weighted by Gasteiger charge is 2.32. The van der Waals surface area contributed by atoms with Crippen LogP contribution in [0.2, 0.25) is 0 Å². The Kier molecular flexibility index (Phi) is 3.35. The fraction of sp³-hybridized carbons (Fsp3) is 0.545. The van der Waals surface area contributed by atoms with E-state index < -0.39 is 9.84 Å². The molecular formula is C11H16N2O3S. The van der Waals surface area contributed by atoms with Gasteiger partial charge in [-0.05, 0) is 24.0 Å². The van der Waals surface area contributed by atoms with Gasteiger partial charge in [0.15, 0.2) is 9.84 Å². The van der Waals surface area contributed by atoms with Gasteiger partial charge in [-0.1, -0.05) is 0 Å². The predicted octanol–water partition coefficient (Wildman–Crippen LogP) is 0.525. The van der Waals surface area contributed by atoms with Gasteiger partial charge in [0.25, 0.3) is 0 Å². The molecule has 1 aromatic heterocycles. The van der Waals surface area contributed by atoms with Crippen molar-refractivity contribution in [2.45, 2.75) is 12.5 Å². The van der Waals surface area contributed by atoms with E-state index in [1.807, 2.05) is 6.07 Å². The maximum atomic E-state index is 11.4. The zero-order valence-electron chi connectivity index (χ0n) is 9.67. The molecule has 17 heavy (non-hydrogen) atoms. The number of nitrogens with zero attached hydrogens (tertiary/aromatic N) is 1. The zero-order chi connectivity index (χ0) is 12.5. The molecule has 0 radical (unpaired) electrons. The number of methoxy groups -OCH3 is 1.